The summed E-state index contributed by atoms with van der Waals surface area (Å²) < 4.78 is 0. The van der Waals surface area contributed by atoms with E-state index in [1.165, 1.54) is 11.1 Å². The Kier molecular flexibility index (Phi) is 3.31. The van der Waals surface area contributed by atoms with Crippen molar-refractivity contribution in [1.29, 1.82) is 0 Å². The van der Waals surface area contributed by atoms with Gasteiger partial charge in [-0.25, -0.2) is 9.78 Å². The van der Waals surface area contributed by atoms with Crippen molar-refractivity contribution >= 4 is 22.6 Å². The Balaban J connectivity index is 1.76. The highest BCUT2D eigenvalue weighted by Gasteiger charge is 2.14. The van der Waals surface area contributed by atoms with Crippen molar-refractivity contribution in [3.05, 3.63) is 71.3 Å². The van der Waals surface area contributed by atoms with Gasteiger partial charge in [-0.05, 0) is 42.2 Å². The molecule has 0 saturated carbocycles. The number of nitrogens with zero attached hydrogens (tertiary/aromatic N) is 1. The fraction of sp³-hybridized carbons (Fsp3) is 0.100. The van der Waals surface area contributed by atoms with Crippen LogP contribution in [0.2, 0.25) is 0 Å². The summed E-state index contributed by atoms with van der Waals surface area (Å²) in [4.78, 5) is 19.2. The average Bonchev–Trinajstić information content (AvgIpc) is 3.23. The number of allylic oxidation sites excluding steroid dienone is 4. The van der Waals surface area contributed by atoms with E-state index >= 15 is 0 Å². The third kappa shape index (κ3) is 2.42. The lowest BCUT2D eigenvalue weighted by atomic mass is 10.0. The third-order valence-corrected chi connectivity index (χ3v) is 4.26. The van der Waals surface area contributed by atoms with Crippen LogP contribution in [0.15, 0.2) is 54.6 Å². The van der Waals surface area contributed by atoms with Gasteiger partial charge in [0.1, 0.15) is 11.3 Å². The first-order valence-corrected chi connectivity index (χ1v) is 7.82. The van der Waals surface area contributed by atoms with Crippen molar-refractivity contribution in [2.24, 2.45) is 0 Å². The second-order valence-corrected chi connectivity index (χ2v) is 6.00. The molecule has 0 bridgehead atoms. The average molecular weight is 316 g/mol. The van der Waals surface area contributed by atoms with Gasteiger partial charge in [-0.3, -0.25) is 0 Å². The van der Waals surface area contributed by atoms with Crippen molar-refractivity contribution in [2.75, 3.05) is 0 Å². The van der Waals surface area contributed by atoms with Gasteiger partial charge in [0.15, 0.2) is 0 Å². The van der Waals surface area contributed by atoms with Gasteiger partial charge < -0.3 is 10.1 Å². The molecular formula is C20H16N2O2. The van der Waals surface area contributed by atoms with Crippen LogP contribution in [0.5, 0.6) is 0 Å². The van der Waals surface area contributed by atoms with Crippen LogP contribution < -0.4 is 0 Å². The molecule has 0 saturated heterocycles. The molecule has 1 aliphatic carbocycles. The molecule has 118 valence electrons. The van der Waals surface area contributed by atoms with Gasteiger partial charge in [-0.2, -0.15) is 0 Å². The summed E-state index contributed by atoms with van der Waals surface area (Å²) in [6.45, 7) is 1.88. The monoisotopic (exact) mass is 316 g/mol. The maximum atomic E-state index is 11.4. The van der Waals surface area contributed by atoms with Crippen LogP contribution in [0.1, 0.15) is 27.9 Å². The SMILES string of the molecule is Cc1cc(C(=O)O)c2nc(-c3ccc(C4=CC=CC4)cc3)[nH]c2c1. The Labute approximate surface area is 139 Å². The summed E-state index contributed by atoms with van der Waals surface area (Å²) in [5, 5.41) is 9.38. The van der Waals surface area contributed by atoms with Gasteiger partial charge in [-0.1, -0.05) is 42.5 Å². The Hall–Kier alpha value is -3.14. The van der Waals surface area contributed by atoms with Gasteiger partial charge in [0.25, 0.3) is 0 Å². The van der Waals surface area contributed by atoms with Crippen LogP contribution in [0.25, 0.3) is 28.0 Å². The number of aromatic nitrogens is 2. The highest BCUT2D eigenvalue weighted by atomic mass is 16.4. The van der Waals surface area contributed by atoms with Gasteiger partial charge >= 0.3 is 5.97 Å². The third-order valence-electron chi connectivity index (χ3n) is 4.26. The number of benzene rings is 2. The molecule has 0 amide bonds. The molecule has 4 heteroatoms. The molecule has 1 aromatic heterocycles. The number of H-pyrrole nitrogens is 1. The summed E-state index contributed by atoms with van der Waals surface area (Å²) in [7, 11) is 0. The summed E-state index contributed by atoms with van der Waals surface area (Å²) in [6, 6.07) is 11.7. The lowest BCUT2D eigenvalue weighted by Crippen LogP contribution is -1.98. The van der Waals surface area contributed by atoms with Crippen LogP contribution in [0, 0.1) is 6.92 Å². The quantitative estimate of drug-likeness (QED) is 0.743. The van der Waals surface area contributed by atoms with Crippen LogP contribution in [0.4, 0.5) is 0 Å². The summed E-state index contributed by atoms with van der Waals surface area (Å²) >= 11 is 0. The molecular weight excluding hydrogens is 300 g/mol. The summed E-state index contributed by atoms with van der Waals surface area (Å²) in [5.74, 6) is -0.277. The fourth-order valence-electron chi connectivity index (χ4n) is 3.07. The summed E-state index contributed by atoms with van der Waals surface area (Å²) in [6.07, 6.45) is 7.29. The number of nitrogens with one attached hydrogen (secondary N) is 1. The number of fused-ring (bicyclic) bond motifs is 1. The molecule has 0 atom stereocenters. The Bertz CT molecular complexity index is 1010. The van der Waals surface area contributed by atoms with E-state index in [0.29, 0.717) is 11.3 Å². The molecule has 3 aromatic rings. The number of hydrogen-bond donors (Lipinski definition) is 2. The second-order valence-electron chi connectivity index (χ2n) is 6.00. The van der Waals surface area contributed by atoms with Gasteiger partial charge in [-0.15, -0.1) is 0 Å². The first kappa shape index (κ1) is 14.5. The largest absolute Gasteiger partial charge is 0.478 e. The maximum Gasteiger partial charge on any atom is 0.337 e. The number of rotatable bonds is 3. The second kappa shape index (κ2) is 5.49. The number of carbonyl (C=O) groups is 1. The Morgan fingerprint density at radius 3 is 2.58 bits per heavy atom. The smallest absolute Gasteiger partial charge is 0.337 e. The molecule has 1 aliphatic rings. The van der Waals surface area contributed by atoms with Gasteiger partial charge in [0.2, 0.25) is 0 Å². The van der Waals surface area contributed by atoms with Crippen molar-refractivity contribution in [3.63, 3.8) is 0 Å². The first-order chi connectivity index (χ1) is 11.6. The molecule has 4 nitrogen and oxygen atoms in total. The molecule has 0 aliphatic heterocycles. The molecule has 4 rings (SSSR count). The highest BCUT2D eigenvalue weighted by molar-refractivity contribution is 6.02. The van der Waals surface area contributed by atoms with Crippen molar-refractivity contribution in [3.8, 4) is 11.4 Å². The van der Waals surface area contributed by atoms with Gasteiger partial charge in [0.05, 0.1) is 11.1 Å². The number of aromatic carboxylic acids is 1. The van der Waals surface area contributed by atoms with E-state index in [2.05, 4.69) is 40.3 Å². The zero-order valence-electron chi connectivity index (χ0n) is 13.2. The molecule has 2 N–H and O–H groups in total. The fourth-order valence-corrected chi connectivity index (χ4v) is 3.07. The van der Waals surface area contributed by atoms with Crippen LogP contribution >= 0.6 is 0 Å². The molecule has 0 unspecified atom stereocenters. The van der Waals surface area contributed by atoms with Crippen molar-refractivity contribution in [1.82, 2.24) is 9.97 Å². The Morgan fingerprint density at radius 2 is 1.92 bits per heavy atom. The van der Waals surface area contributed by atoms with Crippen molar-refractivity contribution in [2.45, 2.75) is 13.3 Å². The normalized spacial score (nSPS) is 13.5. The number of imidazole rings is 1. The minimum atomic E-state index is -0.960. The number of carboxylic acid groups (broad SMARTS) is 1. The molecule has 2 aromatic carbocycles. The molecule has 24 heavy (non-hydrogen) atoms. The van der Waals surface area contributed by atoms with E-state index in [-0.39, 0.29) is 5.56 Å². The lowest BCUT2D eigenvalue weighted by Gasteiger charge is -2.03. The maximum absolute atomic E-state index is 11.4. The van der Waals surface area contributed by atoms with Crippen LogP contribution in [0.3, 0.4) is 0 Å². The number of aromatic amines is 1. The van der Waals surface area contributed by atoms with Crippen LogP contribution in [-0.4, -0.2) is 21.0 Å². The zero-order valence-corrected chi connectivity index (χ0v) is 13.2. The van der Waals surface area contributed by atoms with Crippen molar-refractivity contribution < 1.29 is 9.90 Å². The van der Waals surface area contributed by atoms with E-state index in [1.54, 1.807) is 6.07 Å². The number of carboxylic acids is 1. The highest BCUT2D eigenvalue weighted by Crippen LogP contribution is 2.27. The summed E-state index contributed by atoms with van der Waals surface area (Å²) in [5.41, 5.74) is 5.80. The number of hydrogen-bond acceptors (Lipinski definition) is 2. The van der Waals surface area contributed by atoms with E-state index in [9.17, 15) is 9.90 Å². The minimum absolute atomic E-state index is 0.228. The van der Waals surface area contributed by atoms with Gasteiger partial charge in [0, 0.05) is 5.56 Å². The van der Waals surface area contributed by atoms with E-state index in [0.717, 1.165) is 23.1 Å². The molecule has 0 radical (unpaired) electrons. The molecule has 0 spiro atoms. The lowest BCUT2D eigenvalue weighted by molar-refractivity contribution is 0.0698. The van der Waals surface area contributed by atoms with E-state index in [4.69, 9.17) is 0 Å². The zero-order chi connectivity index (χ0) is 16.7. The van der Waals surface area contributed by atoms with E-state index < -0.39 is 5.97 Å². The predicted molar refractivity (Wildman–Crippen MR) is 95.0 cm³/mol. The van der Waals surface area contributed by atoms with E-state index in [1.807, 2.05) is 25.1 Å². The number of aryl methyl sites for hydroxylation is 1. The minimum Gasteiger partial charge on any atom is -0.478 e. The topological polar surface area (TPSA) is 66.0 Å². The molecule has 0 fully saturated rings. The first-order valence-electron chi connectivity index (χ1n) is 7.82. The Morgan fingerprint density at radius 1 is 1.17 bits per heavy atom. The standard InChI is InChI=1S/C20H16N2O2/c1-12-10-16(20(23)24)18-17(11-12)21-19(22-18)15-8-6-14(7-9-15)13-4-2-3-5-13/h2-4,6-11H,5H2,1H3,(H,21,22)(H,23,24). The molecule has 1 heterocycles. The van der Waals surface area contributed by atoms with Crippen LogP contribution in [-0.2, 0) is 0 Å². The predicted octanol–water partition coefficient (Wildman–Crippen LogP) is 4.58.